The number of hydrogen-bond donors (Lipinski definition) is 1. The fourth-order valence-corrected chi connectivity index (χ4v) is 2.86. The maximum absolute atomic E-state index is 13.4. The van der Waals surface area contributed by atoms with E-state index in [0.717, 1.165) is 11.2 Å². The minimum absolute atomic E-state index is 0.0448. The molecule has 1 heterocycles. The summed E-state index contributed by atoms with van der Waals surface area (Å²) in [7, 11) is 1.53. The van der Waals surface area contributed by atoms with E-state index in [2.05, 4.69) is 5.32 Å². The first-order chi connectivity index (χ1) is 11.5. The van der Waals surface area contributed by atoms with Gasteiger partial charge in [0.15, 0.2) is 6.34 Å². The summed E-state index contributed by atoms with van der Waals surface area (Å²) < 4.78 is 47.1. The van der Waals surface area contributed by atoms with Crippen LogP contribution >= 0.6 is 35.4 Å². The fourth-order valence-electron chi connectivity index (χ4n) is 2.15. The quantitative estimate of drug-likeness (QED) is 0.587. The van der Waals surface area contributed by atoms with Crippen LogP contribution in [-0.4, -0.2) is 42.0 Å². The van der Waals surface area contributed by atoms with Crippen molar-refractivity contribution >= 4 is 52.6 Å². The monoisotopic (exact) mass is 414 g/mol. The number of benzene rings is 1. The van der Waals surface area contributed by atoms with Crippen molar-refractivity contribution in [2.75, 3.05) is 18.6 Å². The van der Waals surface area contributed by atoms with Gasteiger partial charge in [0.05, 0.1) is 23.7 Å². The topological polar surface area (TPSA) is 27.5 Å². The Hall–Kier alpha value is -1.25. The van der Waals surface area contributed by atoms with Gasteiger partial charge in [-0.3, -0.25) is 5.32 Å². The summed E-state index contributed by atoms with van der Waals surface area (Å²) in [6.45, 7) is 4.33. The van der Waals surface area contributed by atoms with Crippen LogP contribution in [0.4, 0.5) is 18.9 Å². The van der Waals surface area contributed by atoms with E-state index in [1.165, 1.54) is 23.8 Å². The summed E-state index contributed by atoms with van der Waals surface area (Å²) in [5.41, 5.74) is 0.0448. The van der Waals surface area contributed by atoms with Gasteiger partial charge < -0.3 is 4.74 Å². The van der Waals surface area contributed by atoms with E-state index in [1.54, 1.807) is 0 Å². The molecule has 1 aromatic rings. The molecule has 1 atom stereocenters. The second-order valence-electron chi connectivity index (χ2n) is 5.94. The summed E-state index contributed by atoms with van der Waals surface area (Å²) in [5.74, 6) is 0.565. The van der Waals surface area contributed by atoms with Crippen molar-refractivity contribution in [3.63, 3.8) is 0 Å². The smallest absolute Gasteiger partial charge is 0.457 e. The highest BCUT2D eigenvalue weighted by Gasteiger charge is 2.53. The van der Waals surface area contributed by atoms with E-state index in [9.17, 15) is 13.2 Å². The molecule has 1 aliphatic rings. The van der Waals surface area contributed by atoms with E-state index >= 15 is 0 Å². The predicted molar refractivity (Wildman–Crippen MR) is 97.1 cm³/mol. The number of halogens is 5. The molecule has 1 aliphatic heterocycles. The number of ether oxygens (including phenoxy) is 1. The number of rotatable bonds is 4. The van der Waals surface area contributed by atoms with E-state index in [4.69, 9.17) is 40.2 Å². The first-order valence-electron chi connectivity index (χ1n) is 7.36. The highest BCUT2D eigenvalue weighted by Crippen LogP contribution is 2.39. The Morgan fingerprint density at radius 3 is 2.52 bits per heavy atom. The van der Waals surface area contributed by atoms with E-state index < -0.39 is 12.3 Å². The molecule has 1 aromatic carbocycles. The summed E-state index contributed by atoms with van der Waals surface area (Å²) in [6, 6.07) is 2.72. The lowest BCUT2D eigenvalue weighted by Crippen LogP contribution is -2.62. The minimum atomic E-state index is -4.58. The molecule has 2 rings (SSSR count). The van der Waals surface area contributed by atoms with Crippen molar-refractivity contribution < 1.29 is 22.5 Å². The third kappa shape index (κ3) is 4.48. The summed E-state index contributed by atoms with van der Waals surface area (Å²) in [4.78, 5) is 0.885. The van der Waals surface area contributed by atoms with Crippen LogP contribution in [0.1, 0.15) is 13.8 Å². The standard InChI is InChI=1S/C15H16Cl2F3N3OS/c1-8(2)6-24-12-5-9(16)11(4-10(12)17)23-13(15(18,19)20)21-7-22(3)14(23)25/h4-5,7-8,13H,6H2,1-3H3/p+1. The Bertz CT molecular complexity index is 710. The lowest BCUT2D eigenvalue weighted by molar-refractivity contribution is -0.372. The van der Waals surface area contributed by atoms with Crippen LogP contribution < -0.4 is 15.0 Å². The van der Waals surface area contributed by atoms with Crippen molar-refractivity contribution in [1.82, 2.24) is 5.32 Å². The fraction of sp³-hybridized carbons (Fsp3) is 0.467. The number of nitrogens with zero attached hydrogens (tertiary/aromatic N) is 2. The molecule has 0 aromatic heterocycles. The Kier molecular flexibility index (Phi) is 6.06. The van der Waals surface area contributed by atoms with Crippen molar-refractivity contribution in [2.45, 2.75) is 26.2 Å². The van der Waals surface area contributed by atoms with Gasteiger partial charge in [0.25, 0.3) is 11.3 Å². The molecule has 0 saturated heterocycles. The predicted octanol–water partition coefficient (Wildman–Crippen LogP) is 4.28. The van der Waals surface area contributed by atoms with Gasteiger partial charge in [-0.05, 0) is 18.1 Å². The number of alkyl halides is 3. The zero-order valence-corrected chi connectivity index (χ0v) is 16.0. The molecular formula is C15H17Cl2F3N3OS+. The van der Waals surface area contributed by atoms with Gasteiger partial charge in [0, 0.05) is 12.1 Å². The first-order valence-corrected chi connectivity index (χ1v) is 8.52. The van der Waals surface area contributed by atoms with Gasteiger partial charge >= 0.3 is 6.18 Å². The third-order valence-electron chi connectivity index (χ3n) is 3.34. The van der Waals surface area contributed by atoms with Crippen molar-refractivity contribution in [1.29, 1.82) is 0 Å². The van der Waals surface area contributed by atoms with E-state index in [-0.39, 0.29) is 26.8 Å². The summed E-state index contributed by atoms with van der Waals surface area (Å²) in [5, 5.41) is 2.42. The summed E-state index contributed by atoms with van der Waals surface area (Å²) in [6.07, 6.45) is -5.47. The third-order valence-corrected chi connectivity index (χ3v) is 4.42. The van der Waals surface area contributed by atoms with Gasteiger partial charge in [-0.1, -0.05) is 37.0 Å². The number of thiocarbonyl (C=S) groups is 1. The number of hydrogen-bond acceptors (Lipinski definition) is 3. The van der Waals surface area contributed by atoms with Crippen LogP contribution in [0.2, 0.25) is 10.0 Å². The lowest BCUT2D eigenvalue weighted by Gasteiger charge is -2.32. The number of anilines is 1. The molecule has 25 heavy (non-hydrogen) atoms. The second kappa shape index (κ2) is 7.55. The Labute approximate surface area is 159 Å². The minimum Gasteiger partial charge on any atom is -0.492 e. The molecule has 1 N–H and O–H groups in total. The second-order valence-corrected chi connectivity index (χ2v) is 7.12. The average Bonchev–Trinajstić information content (AvgIpc) is 2.49. The number of nitrogens with one attached hydrogen (secondary N) is 1. The molecule has 0 amide bonds. The maximum atomic E-state index is 13.4. The lowest BCUT2D eigenvalue weighted by atomic mass is 10.2. The largest absolute Gasteiger partial charge is 0.492 e. The van der Waals surface area contributed by atoms with Gasteiger partial charge in [-0.25, -0.2) is 9.48 Å². The van der Waals surface area contributed by atoms with Crippen LogP contribution in [0.3, 0.4) is 0 Å². The molecular weight excluding hydrogens is 398 g/mol. The SMILES string of the molecule is CC(C)COc1cc(Cl)c(N2C(=S)[N+](C)=CNC2C(F)(F)F)cc1Cl. The van der Waals surface area contributed by atoms with Gasteiger partial charge in [0.1, 0.15) is 11.4 Å². The average molecular weight is 415 g/mol. The van der Waals surface area contributed by atoms with Crippen LogP contribution in [0.25, 0.3) is 0 Å². The van der Waals surface area contributed by atoms with Crippen molar-refractivity contribution in [3.8, 4) is 5.75 Å². The molecule has 0 saturated carbocycles. The van der Waals surface area contributed by atoms with E-state index in [0.29, 0.717) is 12.4 Å². The van der Waals surface area contributed by atoms with Gasteiger partial charge in [0.2, 0.25) is 0 Å². The molecule has 4 nitrogen and oxygen atoms in total. The first kappa shape index (κ1) is 20.1. The van der Waals surface area contributed by atoms with Crippen molar-refractivity contribution in [3.05, 3.63) is 22.2 Å². The zero-order valence-electron chi connectivity index (χ0n) is 13.7. The highest BCUT2D eigenvalue weighted by molar-refractivity contribution is 7.80. The molecule has 138 valence electrons. The molecule has 10 heteroatoms. The van der Waals surface area contributed by atoms with Crippen LogP contribution in [-0.2, 0) is 0 Å². The van der Waals surface area contributed by atoms with Gasteiger partial charge in [-0.15, -0.1) is 0 Å². The molecule has 0 aliphatic carbocycles. The molecule has 1 unspecified atom stereocenters. The molecule has 0 fully saturated rings. The molecule has 0 spiro atoms. The van der Waals surface area contributed by atoms with Crippen LogP contribution in [0, 0.1) is 5.92 Å². The molecule has 0 radical (unpaired) electrons. The van der Waals surface area contributed by atoms with Crippen molar-refractivity contribution in [2.24, 2.45) is 5.92 Å². The molecule has 0 bridgehead atoms. The normalized spacial score (nSPS) is 18.3. The van der Waals surface area contributed by atoms with E-state index in [1.807, 2.05) is 13.8 Å². The maximum Gasteiger partial charge on any atom is 0.457 e. The highest BCUT2D eigenvalue weighted by atomic mass is 35.5. The van der Waals surface area contributed by atoms with Gasteiger partial charge in [-0.2, -0.15) is 13.2 Å². The van der Waals surface area contributed by atoms with Crippen LogP contribution in [0.5, 0.6) is 5.75 Å². The Balaban J connectivity index is 2.46. The Morgan fingerprint density at radius 1 is 1.32 bits per heavy atom. The summed E-state index contributed by atoms with van der Waals surface area (Å²) >= 11 is 17.5. The van der Waals surface area contributed by atoms with Crippen LogP contribution in [0.15, 0.2) is 12.1 Å². The Morgan fingerprint density at radius 2 is 1.96 bits per heavy atom. The zero-order chi connectivity index (χ0) is 18.9.